The van der Waals surface area contributed by atoms with E-state index in [1.165, 1.54) is 5.69 Å². The predicted octanol–water partition coefficient (Wildman–Crippen LogP) is 2.13. The standard InChI is InChI=1S/C19H25N5O2.2ClH/c1-23(12-7-9-20-10-8-12)13-3-4-14-16(11-13)24(2)22-18(14)15-5-6-17(25)21-19(15)26;;/h3-4,11-12,15,20H,5-10H2,1-2H3,(H,21,25,26);2*1H. The van der Waals surface area contributed by atoms with E-state index in [-0.39, 0.29) is 42.5 Å². The van der Waals surface area contributed by atoms with E-state index in [0.717, 1.165) is 42.5 Å². The molecule has 9 heteroatoms. The Balaban J connectivity index is 0.00000140. The molecule has 1 aromatic carbocycles. The van der Waals surface area contributed by atoms with Crippen molar-refractivity contribution in [2.24, 2.45) is 7.05 Å². The number of carbonyl (C=O) groups excluding carboxylic acids is 2. The van der Waals surface area contributed by atoms with Crippen LogP contribution in [-0.2, 0) is 16.6 Å². The second-order valence-electron chi connectivity index (χ2n) is 7.31. The zero-order chi connectivity index (χ0) is 18.3. The summed E-state index contributed by atoms with van der Waals surface area (Å²) in [5.74, 6) is -0.793. The average Bonchev–Trinajstić information content (AvgIpc) is 2.98. The summed E-state index contributed by atoms with van der Waals surface area (Å²) < 4.78 is 1.84. The third kappa shape index (κ3) is 4.11. The molecule has 1 unspecified atom stereocenters. The van der Waals surface area contributed by atoms with Gasteiger partial charge in [0, 0.05) is 37.6 Å². The third-order valence-corrected chi connectivity index (χ3v) is 5.70. The molecule has 2 aliphatic rings. The fraction of sp³-hybridized carbons (Fsp3) is 0.526. The highest BCUT2D eigenvalue weighted by Crippen LogP contribution is 2.32. The van der Waals surface area contributed by atoms with E-state index in [9.17, 15) is 9.59 Å². The van der Waals surface area contributed by atoms with Gasteiger partial charge in [0.25, 0.3) is 0 Å². The van der Waals surface area contributed by atoms with Crippen molar-refractivity contribution in [2.75, 3.05) is 25.0 Å². The molecule has 2 N–H and O–H groups in total. The summed E-state index contributed by atoms with van der Waals surface area (Å²) in [7, 11) is 4.06. The fourth-order valence-electron chi connectivity index (χ4n) is 4.11. The van der Waals surface area contributed by atoms with Crippen molar-refractivity contribution < 1.29 is 9.59 Å². The Kier molecular flexibility index (Phi) is 7.31. The molecule has 0 bridgehead atoms. The normalized spacial score (nSPS) is 20.3. The number of hydrogen-bond acceptors (Lipinski definition) is 5. The van der Waals surface area contributed by atoms with Gasteiger partial charge in [-0.3, -0.25) is 19.6 Å². The molecule has 2 aromatic rings. The van der Waals surface area contributed by atoms with Gasteiger partial charge < -0.3 is 10.2 Å². The fourth-order valence-corrected chi connectivity index (χ4v) is 4.11. The van der Waals surface area contributed by atoms with E-state index in [2.05, 4.69) is 45.9 Å². The maximum Gasteiger partial charge on any atom is 0.235 e. The molecule has 2 aliphatic heterocycles. The van der Waals surface area contributed by atoms with Crippen LogP contribution in [0.4, 0.5) is 5.69 Å². The summed E-state index contributed by atoms with van der Waals surface area (Å²) in [6.07, 6.45) is 3.17. The largest absolute Gasteiger partial charge is 0.371 e. The molecule has 4 rings (SSSR count). The third-order valence-electron chi connectivity index (χ3n) is 5.70. The number of hydrogen-bond donors (Lipinski definition) is 2. The lowest BCUT2D eigenvalue weighted by Crippen LogP contribution is -2.41. The number of carbonyl (C=O) groups is 2. The molecule has 3 heterocycles. The summed E-state index contributed by atoms with van der Waals surface area (Å²) in [5.41, 5.74) is 2.95. The minimum Gasteiger partial charge on any atom is -0.371 e. The van der Waals surface area contributed by atoms with Crippen LogP contribution in [0.3, 0.4) is 0 Å². The highest BCUT2D eigenvalue weighted by Gasteiger charge is 2.31. The van der Waals surface area contributed by atoms with E-state index in [1.807, 2.05) is 11.7 Å². The SMILES string of the molecule is CN(c1ccc2c(C3CCC(=O)NC3=O)nn(C)c2c1)C1CCNCC1.Cl.Cl. The van der Waals surface area contributed by atoms with Gasteiger partial charge >= 0.3 is 0 Å². The second-order valence-corrected chi connectivity index (χ2v) is 7.31. The number of nitrogens with zero attached hydrogens (tertiary/aromatic N) is 3. The first-order valence-electron chi connectivity index (χ1n) is 9.28. The number of benzene rings is 1. The Labute approximate surface area is 177 Å². The first-order valence-corrected chi connectivity index (χ1v) is 9.28. The Morgan fingerprint density at radius 3 is 2.54 bits per heavy atom. The quantitative estimate of drug-likeness (QED) is 0.733. The Bertz CT molecular complexity index is 863. The molecule has 2 saturated heterocycles. The summed E-state index contributed by atoms with van der Waals surface area (Å²) in [5, 5.41) is 11.4. The van der Waals surface area contributed by atoms with Crippen molar-refractivity contribution in [3.63, 3.8) is 0 Å². The van der Waals surface area contributed by atoms with Crippen LogP contribution in [0, 0.1) is 0 Å². The van der Waals surface area contributed by atoms with E-state index in [0.29, 0.717) is 18.9 Å². The number of aryl methyl sites for hydroxylation is 1. The van der Waals surface area contributed by atoms with E-state index in [4.69, 9.17) is 0 Å². The molecular weight excluding hydrogens is 401 g/mol. The van der Waals surface area contributed by atoms with Crippen LogP contribution >= 0.6 is 24.8 Å². The molecule has 2 fully saturated rings. The topological polar surface area (TPSA) is 79.3 Å². The van der Waals surface area contributed by atoms with Crippen LogP contribution in [0.2, 0.25) is 0 Å². The highest BCUT2D eigenvalue weighted by atomic mass is 35.5. The number of nitrogens with one attached hydrogen (secondary N) is 2. The lowest BCUT2D eigenvalue weighted by molar-refractivity contribution is -0.134. The Morgan fingerprint density at radius 1 is 1.14 bits per heavy atom. The first kappa shape index (κ1) is 22.5. The van der Waals surface area contributed by atoms with Gasteiger partial charge in [-0.1, -0.05) is 0 Å². The van der Waals surface area contributed by atoms with Gasteiger partial charge in [-0.2, -0.15) is 5.10 Å². The van der Waals surface area contributed by atoms with Gasteiger partial charge in [-0.15, -0.1) is 24.8 Å². The predicted molar refractivity (Wildman–Crippen MR) is 115 cm³/mol. The Hall–Kier alpha value is -1.83. The van der Waals surface area contributed by atoms with Crippen molar-refractivity contribution in [3.05, 3.63) is 23.9 Å². The number of aromatic nitrogens is 2. The van der Waals surface area contributed by atoms with E-state index in [1.54, 1.807) is 0 Å². The average molecular weight is 428 g/mol. The first-order chi connectivity index (χ1) is 12.5. The van der Waals surface area contributed by atoms with Crippen LogP contribution in [-0.4, -0.2) is 47.8 Å². The van der Waals surface area contributed by atoms with Crippen LogP contribution in [0.15, 0.2) is 18.2 Å². The molecule has 0 aliphatic carbocycles. The maximum atomic E-state index is 12.2. The zero-order valence-corrected chi connectivity index (χ0v) is 17.7. The van der Waals surface area contributed by atoms with Crippen LogP contribution in [0.5, 0.6) is 0 Å². The lowest BCUT2D eigenvalue weighted by Gasteiger charge is -2.33. The van der Waals surface area contributed by atoms with Crippen LogP contribution in [0.25, 0.3) is 10.9 Å². The summed E-state index contributed by atoms with van der Waals surface area (Å²) in [6.45, 7) is 2.12. The van der Waals surface area contributed by atoms with Crippen molar-refractivity contribution in [3.8, 4) is 0 Å². The molecule has 0 spiro atoms. The van der Waals surface area contributed by atoms with Gasteiger partial charge in [-0.25, -0.2) is 0 Å². The Morgan fingerprint density at radius 2 is 1.86 bits per heavy atom. The molecule has 154 valence electrons. The number of imide groups is 1. The van der Waals surface area contributed by atoms with Crippen molar-refractivity contribution >= 4 is 53.2 Å². The van der Waals surface area contributed by atoms with Crippen molar-refractivity contribution in [1.29, 1.82) is 0 Å². The number of piperidine rings is 2. The van der Waals surface area contributed by atoms with Crippen LogP contribution < -0.4 is 15.5 Å². The molecule has 0 saturated carbocycles. The molecule has 1 aromatic heterocycles. The summed E-state index contributed by atoms with van der Waals surface area (Å²) >= 11 is 0. The van der Waals surface area contributed by atoms with E-state index >= 15 is 0 Å². The molecule has 1 atom stereocenters. The minimum atomic E-state index is -0.357. The second kappa shape index (κ2) is 9.11. The van der Waals surface area contributed by atoms with E-state index < -0.39 is 0 Å². The monoisotopic (exact) mass is 427 g/mol. The van der Waals surface area contributed by atoms with Crippen molar-refractivity contribution in [1.82, 2.24) is 20.4 Å². The van der Waals surface area contributed by atoms with Gasteiger partial charge in [0.05, 0.1) is 17.1 Å². The lowest BCUT2D eigenvalue weighted by atomic mass is 9.92. The number of amides is 2. The van der Waals surface area contributed by atoms with Gasteiger partial charge in [-0.05, 0) is 50.6 Å². The number of anilines is 1. The summed E-state index contributed by atoms with van der Waals surface area (Å²) in [6, 6.07) is 6.87. The van der Waals surface area contributed by atoms with Crippen molar-refractivity contribution in [2.45, 2.75) is 37.6 Å². The minimum absolute atomic E-state index is 0. The molecule has 7 nitrogen and oxygen atoms in total. The van der Waals surface area contributed by atoms with Gasteiger partial charge in [0.2, 0.25) is 11.8 Å². The van der Waals surface area contributed by atoms with Gasteiger partial charge in [0.1, 0.15) is 0 Å². The molecule has 28 heavy (non-hydrogen) atoms. The smallest absolute Gasteiger partial charge is 0.235 e. The zero-order valence-electron chi connectivity index (χ0n) is 16.1. The van der Waals surface area contributed by atoms with Crippen LogP contribution in [0.1, 0.15) is 37.3 Å². The molecular formula is C19H27Cl2N5O2. The maximum absolute atomic E-state index is 12.2. The number of halogens is 2. The van der Waals surface area contributed by atoms with Gasteiger partial charge in [0.15, 0.2) is 0 Å². The molecule has 0 radical (unpaired) electrons. The summed E-state index contributed by atoms with van der Waals surface area (Å²) in [4.78, 5) is 26.0. The highest BCUT2D eigenvalue weighted by molar-refractivity contribution is 6.02. The number of rotatable bonds is 3. The molecule has 2 amide bonds. The number of fused-ring (bicyclic) bond motifs is 1.